The van der Waals surface area contributed by atoms with Crippen LogP contribution >= 0.6 is 11.6 Å². The van der Waals surface area contributed by atoms with Crippen molar-refractivity contribution in [1.29, 1.82) is 0 Å². The monoisotopic (exact) mass is 224 g/mol. The average Bonchev–Trinajstić information content (AvgIpc) is 2.56. The van der Waals surface area contributed by atoms with Crippen LogP contribution in [0.3, 0.4) is 0 Å². The van der Waals surface area contributed by atoms with E-state index in [9.17, 15) is 4.79 Å². The highest BCUT2D eigenvalue weighted by atomic mass is 35.5. The molecular formula is C10H9ClN2O2. The normalized spacial score (nSPS) is 10.8. The number of alkyl halides is 1. The van der Waals surface area contributed by atoms with Crippen molar-refractivity contribution in [2.24, 2.45) is 0 Å². The topological polar surface area (TPSA) is 54.6 Å². The van der Waals surface area contributed by atoms with Gasteiger partial charge < -0.3 is 9.51 Å². The zero-order valence-electron chi connectivity index (χ0n) is 8.07. The third-order valence-corrected chi connectivity index (χ3v) is 2.60. The Bertz CT molecular complexity index is 533. The maximum Gasteiger partial charge on any atom is 0.356 e. The van der Waals surface area contributed by atoms with Crippen LogP contribution in [0.1, 0.15) is 21.7 Å². The summed E-state index contributed by atoms with van der Waals surface area (Å²) < 4.78 is 1.74. The second-order valence-corrected chi connectivity index (χ2v) is 3.48. The molecule has 0 spiro atoms. The Balaban J connectivity index is 2.81. The quantitative estimate of drug-likeness (QED) is 0.795. The summed E-state index contributed by atoms with van der Waals surface area (Å²) in [6, 6.07) is 3.66. The molecule has 0 amide bonds. The van der Waals surface area contributed by atoms with E-state index < -0.39 is 5.97 Å². The van der Waals surface area contributed by atoms with Gasteiger partial charge in [0.25, 0.3) is 0 Å². The first kappa shape index (κ1) is 9.98. The fourth-order valence-corrected chi connectivity index (χ4v) is 1.76. The molecule has 15 heavy (non-hydrogen) atoms. The largest absolute Gasteiger partial charge is 0.476 e. The number of imidazole rings is 1. The molecule has 0 aromatic carbocycles. The molecule has 5 heteroatoms. The summed E-state index contributed by atoms with van der Waals surface area (Å²) in [4.78, 5) is 14.9. The predicted molar refractivity (Wildman–Crippen MR) is 56.4 cm³/mol. The van der Waals surface area contributed by atoms with E-state index in [1.54, 1.807) is 17.5 Å². The van der Waals surface area contributed by atoms with Crippen molar-refractivity contribution in [2.75, 3.05) is 0 Å². The minimum absolute atomic E-state index is 0.0765. The molecule has 0 aliphatic rings. The number of carboxylic acids is 1. The molecule has 78 valence electrons. The number of aryl methyl sites for hydroxylation is 1. The van der Waals surface area contributed by atoms with E-state index >= 15 is 0 Å². The minimum Gasteiger partial charge on any atom is -0.476 e. The lowest BCUT2D eigenvalue weighted by atomic mass is 10.3. The van der Waals surface area contributed by atoms with Gasteiger partial charge in [0.1, 0.15) is 5.65 Å². The fourth-order valence-electron chi connectivity index (χ4n) is 1.55. The molecule has 2 aromatic heterocycles. The van der Waals surface area contributed by atoms with Crippen molar-refractivity contribution in [3.63, 3.8) is 0 Å². The van der Waals surface area contributed by atoms with E-state index in [1.165, 1.54) is 0 Å². The zero-order valence-corrected chi connectivity index (χ0v) is 8.82. The van der Waals surface area contributed by atoms with E-state index in [0.717, 1.165) is 5.56 Å². The molecule has 0 saturated heterocycles. The van der Waals surface area contributed by atoms with Crippen LogP contribution in [0.5, 0.6) is 0 Å². The number of hydrogen-bond acceptors (Lipinski definition) is 2. The molecule has 0 aliphatic heterocycles. The molecule has 0 fully saturated rings. The highest BCUT2D eigenvalue weighted by molar-refractivity contribution is 6.17. The second-order valence-electron chi connectivity index (χ2n) is 3.21. The van der Waals surface area contributed by atoms with Crippen LogP contribution in [0.2, 0.25) is 0 Å². The van der Waals surface area contributed by atoms with Gasteiger partial charge in [-0.05, 0) is 13.0 Å². The molecule has 2 heterocycles. The number of fused-ring (bicyclic) bond motifs is 1. The van der Waals surface area contributed by atoms with Gasteiger partial charge in [-0.15, -0.1) is 11.6 Å². The molecule has 0 aliphatic carbocycles. The average molecular weight is 225 g/mol. The summed E-state index contributed by atoms with van der Waals surface area (Å²) >= 11 is 5.75. The van der Waals surface area contributed by atoms with E-state index in [0.29, 0.717) is 17.2 Å². The summed E-state index contributed by atoms with van der Waals surface area (Å²) in [5.74, 6) is -0.698. The fraction of sp³-hybridized carbons (Fsp3) is 0.200. The molecule has 0 atom stereocenters. The molecule has 0 bridgehead atoms. The Morgan fingerprint density at radius 3 is 3.00 bits per heavy atom. The number of aromatic carboxylic acids is 1. The Morgan fingerprint density at radius 2 is 2.40 bits per heavy atom. The Labute approximate surface area is 91.1 Å². The Hall–Kier alpha value is -1.55. The first-order chi connectivity index (χ1) is 7.15. The van der Waals surface area contributed by atoms with Gasteiger partial charge in [-0.3, -0.25) is 0 Å². The van der Waals surface area contributed by atoms with Gasteiger partial charge in [0.15, 0.2) is 5.69 Å². The van der Waals surface area contributed by atoms with Crippen LogP contribution in [0.4, 0.5) is 0 Å². The number of pyridine rings is 1. The highest BCUT2D eigenvalue weighted by Crippen LogP contribution is 2.17. The third kappa shape index (κ3) is 1.47. The van der Waals surface area contributed by atoms with Crippen LogP contribution in [-0.4, -0.2) is 20.5 Å². The summed E-state index contributed by atoms with van der Waals surface area (Å²) in [7, 11) is 0. The van der Waals surface area contributed by atoms with Crippen molar-refractivity contribution >= 4 is 23.2 Å². The van der Waals surface area contributed by atoms with Gasteiger partial charge >= 0.3 is 5.97 Å². The standard InChI is InChI=1S/C10H9ClN2O2/c1-6-8(10(14)15)12-9-7(5-11)3-2-4-13(6)9/h2-4H,5H2,1H3,(H,14,15). The first-order valence-corrected chi connectivity index (χ1v) is 4.94. The minimum atomic E-state index is -1.02. The number of aromatic nitrogens is 2. The molecule has 0 saturated carbocycles. The summed E-state index contributed by atoms with van der Waals surface area (Å²) in [5, 5.41) is 8.92. The number of hydrogen-bond donors (Lipinski definition) is 1. The number of carbonyl (C=O) groups is 1. The summed E-state index contributed by atoms with van der Waals surface area (Å²) in [5.41, 5.74) is 2.13. The van der Waals surface area contributed by atoms with Gasteiger partial charge in [-0.25, -0.2) is 9.78 Å². The molecular weight excluding hydrogens is 216 g/mol. The maximum absolute atomic E-state index is 10.9. The van der Waals surface area contributed by atoms with Crippen LogP contribution in [0.25, 0.3) is 5.65 Å². The van der Waals surface area contributed by atoms with Crippen LogP contribution in [0.15, 0.2) is 18.3 Å². The molecule has 0 radical (unpaired) electrons. The van der Waals surface area contributed by atoms with Crippen molar-refractivity contribution in [3.05, 3.63) is 35.3 Å². The second kappa shape index (κ2) is 3.55. The van der Waals surface area contributed by atoms with Gasteiger partial charge in [-0.2, -0.15) is 0 Å². The molecule has 0 unspecified atom stereocenters. The van der Waals surface area contributed by atoms with Crippen molar-refractivity contribution in [1.82, 2.24) is 9.38 Å². The van der Waals surface area contributed by atoms with Crippen molar-refractivity contribution in [3.8, 4) is 0 Å². The number of nitrogens with zero attached hydrogens (tertiary/aromatic N) is 2. The lowest BCUT2D eigenvalue weighted by molar-refractivity contribution is 0.0690. The lowest BCUT2D eigenvalue weighted by Crippen LogP contribution is -1.99. The maximum atomic E-state index is 10.9. The van der Waals surface area contributed by atoms with Crippen LogP contribution in [0, 0.1) is 6.92 Å². The highest BCUT2D eigenvalue weighted by Gasteiger charge is 2.15. The third-order valence-electron chi connectivity index (χ3n) is 2.32. The molecule has 1 N–H and O–H groups in total. The van der Waals surface area contributed by atoms with Crippen molar-refractivity contribution in [2.45, 2.75) is 12.8 Å². The Morgan fingerprint density at radius 1 is 1.67 bits per heavy atom. The van der Waals surface area contributed by atoms with Crippen molar-refractivity contribution < 1.29 is 9.90 Å². The molecule has 2 aromatic rings. The van der Waals surface area contributed by atoms with E-state index in [4.69, 9.17) is 16.7 Å². The zero-order chi connectivity index (χ0) is 11.0. The lowest BCUT2D eigenvalue weighted by Gasteiger charge is -1.99. The summed E-state index contributed by atoms with van der Waals surface area (Å²) in [6.07, 6.45) is 1.78. The molecule has 4 nitrogen and oxygen atoms in total. The van der Waals surface area contributed by atoms with Crippen LogP contribution in [-0.2, 0) is 5.88 Å². The first-order valence-electron chi connectivity index (χ1n) is 4.41. The van der Waals surface area contributed by atoms with E-state index in [1.807, 2.05) is 12.1 Å². The van der Waals surface area contributed by atoms with Crippen LogP contribution < -0.4 is 0 Å². The van der Waals surface area contributed by atoms with Gasteiger partial charge in [0, 0.05) is 11.8 Å². The number of halogens is 1. The molecule has 2 rings (SSSR count). The van der Waals surface area contributed by atoms with E-state index in [-0.39, 0.29) is 5.69 Å². The predicted octanol–water partition coefficient (Wildman–Crippen LogP) is 2.08. The Kier molecular flexibility index (Phi) is 2.36. The van der Waals surface area contributed by atoms with Gasteiger partial charge in [0.05, 0.1) is 11.6 Å². The number of carboxylic acid groups (broad SMARTS) is 1. The smallest absolute Gasteiger partial charge is 0.356 e. The summed E-state index contributed by atoms with van der Waals surface area (Å²) in [6.45, 7) is 1.72. The van der Waals surface area contributed by atoms with Gasteiger partial charge in [-0.1, -0.05) is 6.07 Å². The van der Waals surface area contributed by atoms with Gasteiger partial charge in [0.2, 0.25) is 0 Å². The van der Waals surface area contributed by atoms with E-state index in [2.05, 4.69) is 4.98 Å². The SMILES string of the molecule is Cc1c(C(=O)O)nc2c(CCl)cccn12. The number of rotatable bonds is 2.